The van der Waals surface area contributed by atoms with Crippen LogP contribution in [0.3, 0.4) is 0 Å². The van der Waals surface area contributed by atoms with E-state index in [1.54, 1.807) is 0 Å². The maximum Gasteiger partial charge on any atom is 0.123 e. The van der Waals surface area contributed by atoms with Crippen molar-refractivity contribution in [2.24, 2.45) is 7.05 Å². The van der Waals surface area contributed by atoms with Crippen molar-refractivity contribution in [1.29, 1.82) is 0 Å². The number of hydrogen-bond acceptors (Lipinski definition) is 1. The molecule has 2 nitrogen and oxygen atoms in total. The number of aryl methyl sites for hydroxylation is 3. The normalized spacial score (nSPS) is 12.1. The molecule has 1 aromatic heterocycles. The van der Waals surface area contributed by atoms with Crippen LogP contribution in [0.5, 0.6) is 5.75 Å². The summed E-state index contributed by atoms with van der Waals surface area (Å²) < 4.78 is 8.19. The van der Waals surface area contributed by atoms with Crippen LogP contribution in [0, 0.1) is 13.8 Å². The van der Waals surface area contributed by atoms with Crippen molar-refractivity contribution >= 4 is 10.9 Å². The predicted octanol–water partition coefficient (Wildman–Crippen LogP) is 3.97. The summed E-state index contributed by atoms with van der Waals surface area (Å²) in [5.74, 6) is 0.982. The fraction of sp³-hybridized carbons (Fsp3) is 0.467. The van der Waals surface area contributed by atoms with Crippen molar-refractivity contribution in [3.63, 3.8) is 0 Å². The third-order valence-electron chi connectivity index (χ3n) is 3.10. The number of aromatic nitrogens is 1. The molecule has 0 amide bonds. The summed E-state index contributed by atoms with van der Waals surface area (Å²) in [6.07, 6.45) is 0. The zero-order chi connectivity index (χ0) is 12.8. The fourth-order valence-electron chi connectivity index (χ4n) is 2.11. The zero-order valence-electron chi connectivity index (χ0n) is 11.6. The molecular weight excluding hydrogens is 210 g/mol. The van der Waals surface area contributed by atoms with Gasteiger partial charge in [0.15, 0.2) is 0 Å². The summed E-state index contributed by atoms with van der Waals surface area (Å²) in [6, 6.07) is 6.43. The Morgan fingerprint density at radius 3 is 2.35 bits per heavy atom. The van der Waals surface area contributed by atoms with Gasteiger partial charge in [0, 0.05) is 29.2 Å². The van der Waals surface area contributed by atoms with Crippen molar-refractivity contribution < 1.29 is 4.74 Å². The fourth-order valence-corrected chi connectivity index (χ4v) is 2.11. The van der Waals surface area contributed by atoms with Crippen molar-refractivity contribution in [2.45, 2.75) is 40.2 Å². The largest absolute Gasteiger partial charge is 0.488 e. The second-order valence-corrected chi connectivity index (χ2v) is 5.68. The molecule has 2 aromatic rings. The van der Waals surface area contributed by atoms with Gasteiger partial charge in [-0.15, -0.1) is 0 Å². The number of ether oxygens (including phenoxy) is 1. The van der Waals surface area contributed by atoms with Crippen molar-refractivity contribution in [2.75, 3.05) is 0 Å². The standard InChI is InChI=1S/C15H21NO/c1-10-9-12-11(2)14(17-15(3,4)5)8-7-13(12)16(10)6/h7-9H,1-6H3. The van der Waals surface area contributed by atoms with E-state index in [-0.39, 0.29) is 5.60 Å². The van der Waals surface area contributed by atoms with E-state index in [0.29, 0.717) is 0 Å². The van der Waals surface area contributed by atoms with E-state index in [1.807, 2.05) is 0 Å². The van der Waals surface area contributed by atoms with Crippen LogP contribution in [0.2, 0.25) is 0 Å². The number of benzene rings is 1. The summed E-state index contributed by atoms with van der Waals surface area (Å²) in [6.45, 7) is 10.5. The molecule has 17 heavy (non-hydrogen) atoms. The van der Waals surface area contributed by atoms with Gasteiger partial charge in [-0.3, -0.25) is 0 Å². The molecule has 2 heteroatoms. The van der Waals surface area contributed by atoms with Gasteiger partial charge < -0.3 is 9.30 Å². The van der Waals surface area contributed by atoms with Crippen LogP contribution in [0.1, 0.15) is 32.0 Å². The summed E-state index contributed by atoms with van der Waals surface area (Å²) in [5, 5.41) is 1.28. The molecular formula is C15H21NO. The van der Waals surface area contributed by atoms with E-state index in [0.717, 1.165) is 5.75 Å². The van der Waals surface area contributed by atoms with Crippen LogP contribution in [0.4, 0.5) is 0 Å². The lowest BCUT2D eigenvalue weighted by Crippen LogP contribution is -2.23. The lowest BCUT2D eigenvalue weighted by molar-refractivity contribution is 0.130. The number of fused-ring (bicyclic) bond motifs is 1. The molecule has 0 aliphatic rings. The van der Waals surface area contributed by atoms with Gasteiger partial charge in [0.2, 0.25) is 0 Å². The van der Waals surface area contributed by atoms with Gasteiger partial charge >= 0.3 is 0 Å². The van der Waals surface area contributed by atoms with Gasteiger partial charge in [-0.2, -0.15) is 0 Å². The van der Waals surface area contributed by atoms with Gasteiger partial charge in [0.05, 0.1) is 0 Å². The smallest absolute Gasteiger partial charge is 0.123 e. The third-order valence-corrected chi connectivity index (χ3v) is 3.10. The van der Waals surface area contributed by atoms with Crippen LogP contribution < -0.4 is 4.74 Å². The van der Waals surface area contributed by atoms with E-state index in [2.05, 4.69) is 64.4 Å². The number of nitrogens with zero attached hydrogens (tertiary/aromatic N) is 1. The Labute approximate surface area is 103 Å². The Bertz CT molecular complexity index is 558. The third kappa shape index (κ3) is 2.17. The first-order valence-corrected chi connectivity index (χ1v) is 6.04. The summed E-state index contributed by atoms with van der Waals surface area (Å²) in [5.41, 5.74) is 3.61. The van der Waals surface area contributed by atoms with E-state index in [1.165, 1.54) is 22.2 Å². The maximum absolute atomic E-state index is 5.98. The minimum Gasteiger partial charge on any atom is -0.488 e. The highest BCUT2D eigenvalue weighted by Gasteiger charge is 2.15. The van der Waals surface area contributed by atoms with Gasteiger partial charge in [-0.05, 0) is 52.8 Å². The molecule has 0 N–H and O–H groups in total. The Balaban J connectivity index is 2.58. The summed E-state index contributed by atoms with van der Waals surface area (Å²) in [7, 11) is 2.10. The van der Waals surface area contributed by atoms with Gasteiger partial charge in [0.1, 0.15) is 11.4 Å². The molecule has 0 bridgehead atoms. The highest BCUT2D eigenvalue weighted by molar-refractivity contribution is 5.86. The van der Waals surface area contributed by atoms with Crippen LogP contribution in [0.15, 0.2) is 18.2 Å². The Kier molecular flexibility index (Phi) is 2.69. The molecule has 0 atom stereocenters. The first-order valence-electron chi connectivity index (χ1n) is 6.04. The molecule has 0 unspecified atom stereocenters. The molecule has 92 valence electrons. The molecule has 0 radical (unpaired) electrons. The molecule has 0 aliphatic heterocycles. The van der Waals surface area contributed by atoms with Crippen molar-refractivity contribution in [3.05, 3.63) is 29.5 Å². The molecule has 0 saturated heterocycles. The highest BCUT2D eigenvalue weighted by Crippen LogP contribution is 2.31. The van der Waals surface area contributed by atoms with Crippen molar-refractivity contribution in [1.82, 2.24) is 4.57 Å². The highest BCUT2D eigenvalue weighted by atomic mass is 16.5. The molecule has 1 aromatic carbocycles. The number of hydrogen-bond donors (Lipinski definition) is 0. The van der Waals surface area contributed by atoms with E-state index >= 15 is 0 Å². The molecule has 0 spiro atoms. The monoisotopic (exact) mass is 231 g/mol. The quantitative estimate of drug-likeness (QED) is 0.724. The Morgan fingerprint density at radius 1 is 1.12 bits per heavy atom. The molecule has 2 rings (SSSR count). The minimum atomic E-state index is -0.151. The van der Waals surface area contributed by atoms with E-state index in [4.69, 9.17) is 4.74 Å². The predicted molar refractivity (Wildman–Crippen MR) is 72.8 cm³/mol. The maximum atomic E-state index is 5.98. The average molecular weight is 231 g/mol. The van der Waals surface area contributed by atoms with E-state index in [9.17, 15) is 0 Å². The molecule has 0 fully saturated rings. The average Bonchev–Trinajstić information content (AvgIpc) is 2.48. The molecule has 0 saturated carbocycles. The van der Waals surface area contributed by atoms with Gasteiger partial charge in [-0.1, -0.05) is 0 Å². The Morgan fingerprint density at radius 2 is 1.76 bits per heavy atom. The van der Waals surface area contributed by atoms with Crippen LogP contribution in [-0.4, -0.2) is 10.2 Å². The first-order chi connectivity index (χ1) is 7.79. The van der Waals surface area contributed by atoms with Crippen molar-refractivity contribution in [3.8, 4) is 5.75 Å². The van der Waals surface area contributed by atoms with Crippen LogP contribution in [0.25, 0.3) is 10.9 Å². The second-order valence-electron chi connectivity index (χ2n) is 5.68. The molecule has 1 heterocycles. The SMILES string of the molecule is Cc1c(OC(C)(C)C)ccc2c1cc(C)n2C. The van der Waals surface area contributed by atoms with Gasteiger partial charge in [0.25, 0.3) is 0 Å². The first kappa shape index (κ1) is 12.0. The summed E-state index contributed by atoms with van der Waals surface area (Å²) in [4.78, 5) is 0. The minimum absolute atomic E-state index is 0.151. The summed E-state index contributed by atoms with van der Waals surface area (Å²) >= 11 is 0. The topological polar surface area (TPSA) is 14.2 Å². The Hall–Kier alpha value is -1.44. The van der Waals surface area contributed by atoms with Crippen LogP contribution in [-0.2, 0) is 7.05 Å². The molecule has 0 aliphatic carbocycles. The van der Waals surface area contributed by atoms with Gasteiger partial charge in [-0.25, -0.2) is 0 Å². The second kappa shape index (κ2) is 3.80. The lowest BCUT2D eigenvalue weighted by Gasteiger charge is -2.22. The van der Waals surface area contributed by atoms with E-state index < -0.39 is 0 Å². The van der Waals surface area contributed by atoms with Crippen LogP contribution >= 0.6 is 0 Å². The number of rotatable bonds is 1. The lowest BCUT2D eigenvalue weighted by atomic mass is 10.1. The zero-order valence-corrected chi connectivity index (χ0v) is 11.6.